The van der Waals surface area contributed by atoms with Crippen LogP contribution >= 0.6 is 0 Å². The Balaban J connectivity index is 2.20. The molecule has 2 N–H and O–H groups in total. The van der Waals surface area contributed by atoms with E-state index < -0.39 is 6.09 Å². The molecule has 8 heteroatoms. The molecule has 1 aromatic heterocycles. The number of nitrogens with two attached hydrogens (primary N) is 1. The Morgan fingerprint density at radius 2 is 2.17 bits per heavy atom. The number of aromatic nitrogens is 2. The van der Waals surface area contributed by atoms with Crippen molar-refractivity contribution in [1.82, 2.24) is 10.3 Å². The minimum absolute atomic E-state index is 0.0736. The largest absolute Gasteiger partial charge is 0.444 e. The Kier molecular flexibility index (Phi) is 3.73. The van der Waals surface area contributed by atoms with E-state index in [1.54, 1.807) is 13.0 Å². The van der Waals surface area contributed by atoms with Gasteiger partial charge in [0, 0.05) is 0 Å². The summed E-state index contributed by atoms with van der Waals surface area (Å²) in [6.45, 7) is 3.67. The Hall–Kier alpha value is -2.90. The molecule has 7 nitrogen and oxygen atoms in total. The number of hydrogen-bond acceptors (Lipinski definition) is 6. The summed E-state index contributed by atoms with van der Waals surface area (Å²) in [7, 11) is 0. The Morgan fingerprint density at radius 1 is 1.39 bits per heavy atom. The fourth-order valence-corrected chi connectivity index (χ4v) is 2.44. The van der Waals surface area contributed by atoms with E-state index in [9.17, 15) is 9.18 Å². The molecule has 0 bridgehead atoms. The molecule has 0 fully saturated rings. The summed E-state index contributed by atoms with van der Waals surface area (Å²) < 4.78 is 23.4. The van der Waals surface area contributed by atoms with Crippen molar-refractivity contribution < 1.29 is 18.6 Å². The van der Waals surface area contributed by atoms with Crippen LogP contribution in [-0.2, 0) is 4.74 Å². The standard InChI is InChI=1S/C15H15FN4O3/c1-3-9-7-22-15(21)20(10-4-5-11(16)8(2)6-10)13(9)12-14(17)19-23-18-12/h4-6H,3,7H2,1-2H3,(H2,17,19). The highest BCUT2D eigenvalue weighted by atomic mass is 19.1. The van der Waals surface area contributed by atoms with Gasteiger partial charge in [-0.2, -0.15) is 0 Å². The SMILES string of the molecule is CCC1=C(c2nonc2N)N(c2ccc(F)c(C)c2)C(=O)OC1. The second-order valence-corrected chi connectivity index (χ2v) is 5.13. The van der Waals surface area contributed by atoms with Crippen molar-refractivity contribution in [2.24, 2.45) is 0 Å². The van der Waals surface area contributed by atoms with Gasteiger partial charge in [-0.05, 0) is 53.0 Å². The van der Waals surface area contributed by atoms with Gasteiger partial charge in [-0.1, -0.05) is 6.92 Å². The summed E-state index contributed by atoms with van der Waals surface area (Å²) in [5, 5.41) is 7.36. The first-order valence-electron chi connectivity index (χ1n) is 7.06. The molecule has 0 aliphatic carbocycles. The summed E-state index contributed by atoms with van der Waals surface area (Å²) >= 11 is 0. The summed E-state index contributed by atoms with van der Waals surface area (Å²) in [5.74, 6) is -0.285. The molecule has 0 spiro atoms. The van der Waals surface area contributed by atoms with E-state index in [1.807, 2.05) is 6.92 Å². The van der Waals surface area contributed by atoms with Gasteiger partial charge in [-0.15, -0.1) is 0 Å². The lowest BCUT2D eigenvalue weighted by molar-refractivity contribution is 0.162. The summed E-state index contributed by atoms with van der Waals surface area (Å²) in [4.78, 5) is 13.6. The lowest BCUT2D eigenvalue weighted by atomic mass is 10.1. The molecule has 1 aliphatic rings. The van der Waals surface area contributed by atoms with Crippen LogP contribution in [0.4, 0.5) is 20.7 Å². The number of anilines is 2. The van der Waals surface area contributed by atoms with Crippen LogP contribution in [0.2, 0.25) is 0 Å². The number of amides is 1. The quantitative estimate of drug-likeness (QED) is 0.935. The van der Waals surface area contributed by atoms with Crippen LogP contribution < -0.4 is 10.6 Å². The van der Waals surface area contributed by atoms with Crippen molar-refractivity contribution in [2.75, 3.05) is 17.2 Å². The van der Waals surface area contributed by atoms with Crippen molar-refractivity contribution in [1.29, 1.82) is 0 Å². The van der Waals surface area contributed by atoms with Gasteiger partial charge in [0.1, 0.15) is 12.4 Å². The second kappa shape index (κ2) is 5.71. The Morgan fingerprint density at radius 3 is 2.78 bits per heavy atom. The molecule has 2 aromatic rings. The molecule has 3 rings (SSSR count). The maximum absolute atomic E-state index is 13.5. The fourth-order valence-electron chi connectivity index (χ4n) is 2.44. The first-order valence-corrected chi connectivity index (χ1v) is 7.06. The van der Waals surface area contributed by atoms with Gasteiger partial charge in [0.05, 0.1) is 11.4 Å². The first-order chi connectivity index (χ1) is 11.0. The average molecular weight is 318 g/mol. The second-order valence-electron chi connectivity index (χ2n) is 5.13. The molecule has 2 heterocycles. The van der Waals surface area contributed by atoms with Crippen LogP contribution in [0, 0.1) is 12.7 Å². The van der Waals surface area contributed by atoms with Crippen LogP contribution in [0.5, 0.6) is 0 Å². The normalized spacial score (nSPS) is 15.1. The highest BCUT2D eigenvalue weighted by Gasteiger charge is 2.33. The van der Waals surface area contributed by atoms with Gasteiger partial charge in [0.2, 0.25) is 0 Å². The number of cyclic esters (lactones) is 1. The maximum atomic E-state index is 13.5. The number of carbonyl (C=O) groups excluding carboxylic acids is 1. The van der Waals surface area contributed by atoms with E-state index in [-0.39, 0.29) is 23.9 Å². The first kappa shape index (κ1) is 15.0. The van der Waals surface area contributed by atoms with Crippen LogP contribution in [0.15, 0.2) is 28.4 Å². The number of aryl methyl sites for hydroxylation is 1. The van der Waals surface area contributed by atoms with Gasteiger partial charge in [0.15, 0.2) is 11.5 Å². The molecule has 120 valence electrons. The summed E-state index contributed by atoms with van der Waals surface area (Å²) in [6, 6.07) is 4.34. The number of nitrogen functional groups attached to an aromatic ring is 1. The molecule has 1 aromatic carbocycles. The number of ether oxygens (including phenoxy) is 1. The van der Waals surface area contributed by atoms with E-state index >= 15 is 0 Å². The van der Waals surface area contributed by atoms with E-state index in [4.69, 9.17) is 10.5 Å². The summed E-state index contributed by atoms with van der Waals surface area (Å²) in [5.41, 5.74) is 8.19. The van der Waals surface area contributed by atoms with Crippen molar-refractivity contribution >= 4 is 23.3 Å². The van der Waals surface area contributed by atoms with Gasteiger partial charge in [-0.3, -0.25) is 0 Å². The third kappa shape index (κ3) is 2.52. The zero-order valence-electron chi connectivity index (χ0n) is 12.7. The molecule has 23 heavy (non-hydrogen) atoms. The van der Waals surface area contributed by atoms with Crippen LogP contribution in [0.25, 0.3) is 5.70 Å². The van der Waals surface area contributed by atoms with Crippen molar-refractivity contribution in [2.45, 2.75) is 20.3 Å². The molecule has 1 amide bonds. The number of hydrogen-bond donors (Lipinski definition) is 1. The molecule has 1 aliphatic heterocycles. The minimum Gasteiger partial charge on any atom is -0.444 e. The third-order valence-electron chi connectivity index (χ3n) is 3.68. The van der Waals surface area contributed by atoms with Crippen molar-refractivity contribution in [3.63, 3.8) is 0 Å². The Labute approximate surface area is 131 Å². The maximum Gasteiger partial charge on any atom is 0.419 e. The third-order valence-corrected chi connectivity index (χ3v) is 3.68. The number of carbonyl (C=O) groups is 1. The number of rotatable bonds is 3. The monoisotopic (exact) mass is 318 g/mol. The van der Waals surface area contributed by atoms with Gasteiger partial charge >= 0.3 is 6.09 Å². The zero-order chi connectivity index (χ0) is 16.6. The van der Waals surface area contributed by atoms with Gasteiger partial charge < -0.3 is 10.5 Å². The molecule has 0 atom stereocenters. The lowest BCUT2D eigenvalue weighted by Crippen LogP contribution is -2.36. The summed E-state index contributed by atoms with van der Waals surface area (Å²) in [6.07, 6.45) is 0.0246. The fraction of sp³-hybridized carbons (Fsp3) is 0.267. The number of nitrogens with zero attached hydrogens (tertiary/aromatic N) is 3. The van der Waals surface area contributed by atoms with E-state index in [0.717, 1.165) is 5.57 Å². The van der Waals surface area contributed by atoms with E-state index in [0.29, 0.717) is 23.4 Å². The molecule has 0 radical (unpaired) electrons. The van der Waals surface area contributed by atoms with Crippen LogP contribution in [0.3, 0.4) is 0 Å². The zero-order valence-corrected chi connectivity index (χ0v) is 12.7. The molecule has 0 saturated heterocycles. The lowest BCUT2D eigenvalue weighted by Gasteiger charge is -2.30. The smallest absolute Gasteiger partial charge is 0.419 e. The molecular formula is C15H15FN4O3. The van der Waals surface area contributed by atoms with Gasteiger partial charge in [-0.25, -0.2) is 18.7 Å². The number of halogens is 1. The van der Waals surface area contributed by atoms with Crippen molar-refractivity contribution in [3.05, 3.63) is 40.8 Å². The topological polar surface area (TPSA) is 94.5 Å². The molecule has 0 saturated carbocycles. The van der Waals surface area contributed by atoms with Crippen molar-refractivity contribution in [3.8, 4) is 0 Å². The van der Waals surface area contributed by atoms with E-state index in [2.05, 4.69) is 14.9 Å². The van der Waals surface area contributed by atoms with E-state index in [1.165, 1.54) is 17.0 Å². The number of benzene rings is 1. The predicted molar refractivity (Wildman–Crippen MR) is 80.9 cm³/mol. The predicted octanol–water partition coefficient (Wildman–Crippen LogP) is 2.88. The minimum atomic E-state index is -0.592. The van der Waals surface area contributed by atoms with Gasteiger partial charge in [0.25, 0.3) is 0 Å². The highest BCUT2D eigenvalue weighted by Crippen LogP contribution is 2.35. The average Bonchev–Trinajstić information content (AvgIpc) is 2.95. The molecular weight excluding hydrogens is 303 g/mol. The van der Waals surface area contributed by atoms with Crippen LogP contribution in [-0.4, -0.2) is 23.0 Å². The molecule has 0 unspecified atom stereocenters. The highest BCUT2D eigenvalue weighted by molar-refractivity contribution is 6.05. The Bertz CT molecular complexity index is 800. The van der Waals surface area contributed by atoms with Crippen LogP contribution in [0.1, 0.15) is 24.6 Å².